The molecule has 0 aliphatic carbocycles. The summed E-state index contributed by atoms with van der Waals surface area (Å²) >= 11 is 0. The van der Waals surface area contributed by atoms with Crippen molar-refractivity contribution in [2.24, 2.45) is 0 Å². The first-order chi connectivity index (χ1) is 6.24. The fourth-order valence-corrected chi connectivity index (χ4v) is 0.725. The molecule has 70 valence electrons. The zero-order valence-corrected chi connectivity index (χ0v) is 6.99. The maximum atomic E-state index is 10.3. The molecular weight excluding hydrogens is 172 g/mol. The van der Waals surface area contributed by atoms with Gasteiger partial charge in [0, 0.05) is 18.0 Å². The molecule has 1 rings (SSSR count). The molecule has 0 saturated carbocycles. The van der Waals surface area contributed by atoms with Gasteiger partial charge in [0.1, 0.15) is 0 Å². The third-order valence-corrected chi connectivity index (χ3v) is 1.35. The highest BCUT2D eigenvalue weighted by molar-refractivity contribution is 5.84. The van der Waals surface area contributed by atoms with Crippen molar-refractivity contribution in [1.82, 2.24) is 9.97 Å². The van der Waals surface area contributed by atoms with E-state index in [0.29, 0.717) is 19.0 Å². The maximum Gasteiger partial charge on any atom is 0.222 e. The highest BCUT2D eigenvalue weighted by Crippen LogP contribution is 1.97. The fraction of sp³-hybridized carbons (Fsp3) is 0.286. The van der Waals surface area contributed by atoms with Crippen molar-refractivity contribution in [2.45, 2.75) is 0 Å². The lowest BCUT2D eigenvalue weighted by Gasteiger charge is -2.03. The Morgan fingerprint density at radius 3 is 2.62 bits per heavy atom. The van der Waals surface area contributed by atoms with Crippen LogP contribution >= 0.6 is 0 Å². The van der Waals surface area contributed by atoms with Gasteiger partial charge in [-0.2, -0.15) is 0 Å². The molecule has 0 unspecified atom stereocenters. The van der Waals surface area contributed by atoms with E-state index < -0.39 is 5.97 Å². The van der Waals surface area contributed by atoms with E-state index in [-0.39, 0.29) is 5.56 Å². The third-order valence-electron chi connectivity index (χ3n) is 1.35. The second-order valence-corrected chi connectivity index (χ2v) is 2.36. The highest BCUT2D eigenvalue weighted by Gasteiger charge is 1.96. The number of nitrogens with zero attached hydrogens (tertiary/aromatic N) is 2. The van der Waals surface area contributed by atoms with Crippen LogP contribution in [0.4, 0.5) is 5.95 Å². The van der Waals surface area contributed by atoms with Crippen molar-refractivity contribution in [3.63, 3.8) is 0 Å². The van der Waals surface area contributed by atoms with Gasteiger partial charge in [-0.15, -0.1) is 0 Å². The molecule has 0 spiro atoms. The summed E-state index contributed by atoms with van der Waals surface area (Å²) in [6, 6.07) is 0. The first-order valence-electron chi connectivity index (χ1n) is 3.80. The summed E-state index contributed by atoms with van der Waals surface area (Å²) in [4.78, 5) is 17.8. The van der Waals surface area contributed by atoms with Crippen molar-refractivity contribution in [3.8, 4) is 0 Å². The third kappa shape index (κ3) is 2.68. The molecule has 0 atom stereocenters. The minimum atomic E-state index is -1.27. The van der Waals surface area contributed by atoms with Crippen LogP contribution in [-0.2, 0) is 0 Å². The normalized spacial score (nSPS) is 9.62. The number of nitrogens with one attached hydrogen (secondary N) is 1. The Hall–Kier alpha value is -1.69. The van der Waals surface area contributed by atoms with E-state index in [1.807, 2.05) is 0 Å². The summed E-state index contributed by atoms with van der Waals surface area (Å²) in [6.07, 6.45) is 2.40. The van der Waals surface area contributed by atoms with Gasteiger partial charge in [0.15, 0.2) is 0 Å². The lowest BCUT2D eigenvalue weighted by atomic mass is 10.3. The lowest BCUT2D eigenvalue weighted by Crippen LogP contribution is -2.53. The van der Waals surface area contributed by atoms with E-state index in [4.69, 9.17) is 0 Å². The molecule has 0 aromatic carbocycles. The van der Waals surface area contributed by atoms with Gasteiger partial charge in [0.05, 0.1) is 19.1 Å². The van der Waals surface area contributed by atoms with Crippen molar-refractivity contribution in [1.29, 1.82) is 0 Å². The Bertz CT molecular complexity index is 285. The van der Waals surface area contributed by atoms with E-state index in [2.05, 4.69) is 21.0 Å². The molecule has 0 fully saturated rings. The fourth-order valence-electron chi connectivity index (χ4n) is 0.725. The number of carbonyl (C=O) groups is 1. The summed E-state index contributed by atoms with van der Waals surface area (Å²) in [7, 11) is 0. The van der Waals surface area contributed by atoms with E-state index >= 15 is 0 Å². The quantitative estimate of drug-likeness (QED) is 0.535. The summed E-state index contributed by atoms with van der Waals surface area (Å²) in [6.45, 7) is 1.37. The molecule has 6 nitrogen and oxygen atoms in total. The number of carbonyl (C=O) groups excluding carboxylic acids is 1. The predicted molar refractivity (Wildman–Crippen MR) is 42.6 cm³/mol. The number of hydrogen-bond donors (Lipinski definition) is 2. The van der Waals surface area contributed by atoms with Crippen LogP contribution in [0.1, 0.15) is 10.4 Å². The number of carboxylic acid groups (broad SMARTS) is 1. The van der Waals surface area contributed by atoms with Crippen molar-refractivity contribution >= 4 is 11.9 Å². The first kappa shape index (κ1) is 9.40. The van der Waals surface area contributed by atoms with E-state index in [1.165, 1.54) is 12.4 Å². The number of aromatic carboxylic acids is 1. The number of hydrogen-bond acceptors (Lipinski definition) is 5. The standard InChI is InChI=1S/C7H10N4O2/c8-1-2-9-7-10-3-5(4-11-7)6(12)13/h3-4H,1-2,8H2,(H,12,13)(H,9,10,11). The minimum Gasteiger partial charge on any atom is -0.545 e. The summed E-state index contributed by atoms with van der Waals surface area (Å²) < 4.78 is 0. The molecule has 0 amide bonds. The van der Waals surface area contributed by atoms with Gasteiger partial charge in [-0.05, 0) is 0 Å². The van der Waals surface area contributed by atoms with Crippen LogP contribution in [0.25, 0.3) is 0 Å². The molecule has 0 aliphatic heterocycles. The Kier molecular flexibility index (Phi) is 3.15. The second-order valence-electron chi connectivity index (χ2n) is 2.36. The van der Waals surface area contributed by atoms with E-state index in [9.17, 15) is 9.90 Å². The molecule has 0 bridgehead atoms. The van der Waals surface area contributed by atoms with Gasteiger partial charge < -0.3 is 21.0 Å². The number of carboxylic acids is 1. The van der Waals surface area contributed by atoms with Gasteiger partial charge >= 0.3 is 0 Å². The van der Waals surface area contributed by atoms with E-state index in [0.717, 1.165) is 0 Å². The average Bonchev–Trinajstić information content (AvgIpc) is 2.15. The van der Waals surface area contributed by atoms with Crippen LogP contribution in [-0.4, -0.2) is 29.0 Å². The molecular formula is C7H10N4O2. The van der Waals surface area contributed by atoms with Gasteiger partial charge in [-0.25, -0.2) is 9.97 Å². The number of anilines is 1. The Morgan fingerprint density at radius 2 is 2.15 bits per heavy atom. The first-order valence-corrected chi connectivity index (χ1v) is 3.80. The molecule has 1 aromatic rings. The molecule has 1 aromatic heterocycles. The summed E-state index contributed by atoms with van der Waals surface area (Å²) in [5, 5.41) is 13.2. The van der Waals surface area contributed by atoms with Crippen LogP contribution in [0.3, 0.4) is 0 Å². The Balaban J connectivity index is 2.64. The molecule has 4 N–H and O–H groups in total. The van der Waals surface area contributed by atoms with Crippen molar-refractivity contribution in [2.75, 3.05) is 18.4 Å². The van der Waals surface area contributed by atoms with Gasteiger partial charge in [0.25, 0.3) is 0 Å². The highest BCUT2D eigenvalue weighted by atomic mass is 16.4. The zero-order chi connectivity index (χ0) is 9.68. The average molecular weight is 182 g/mol. The van der Waals surface area contributed by atoms with Gasteiger partial charge in [-0.3, -0.25) is 0 Å². The van der Waals surface area contributed by atoms with Crippen LogP contribution in [0, 0.1) is 0 Å². The molecule has 0 saturated heterocycles. The number of aromatic nitrogens is 2. The zero-order valence-electron chi connectivity index (χ0n) is 6.99. The number of rotatable bonds is 4. The van der Waals surface area contributed by atoms with E-state index in [1.54, 1.807) is 0 Å². The second kappa shape index (κ2) is 4.36. The summed E-state index contributed by atoms with van der Waals surface area (Å²) in [5.74, 6) is -0.877. The molecule has 0 aliphatic rings. The van der Waals surface area contributed by atoms with Crippen LogP contribution in [0.2, 0.25) is 0 Å². The maximum absolute atomic E-state index is 10.3. The Morgan fingerprint density at radius 1 is 1.54 bits per heavy atom. The molecule has 13 heavy (non-hydrogen) atoms. The smallest absolute Gasteiger partial charge is 0.222 e. The minimum absolute atomic E-state index is 0.0276. The van der Waals surface area contributed by atoms with Crippen molar-refractivity contribution in [3.05, 3.63) is 18.0 Å². The van der Waals surface area contributed by atoms with Crippen LogP contribution < -0.4 is 16.2 Å². The lowest BCUT2D eigenvalue weighted by molar-refractivity contribution is -0.362. The van der Waals surface area contributed by atoms with Crippen LogP contribution in [0.15, 0.2) is 12.4 Å². The topological polar surface area (TPSA) is 106 Å². The largest absolute Gasteiger partial charge is 0.545 e. The van der Waals surface area contributed by atoms with Gasteiger partial charge in [0.2, 0.25) is 5.95 Å². The van der Waals surface area contributed by atoms with Crippen LogP contribution in [0.5, 0.6) is 0 Å². The monoisotopic (exact) mass is 182 g/mol. The molecule has 6 heteroatoms. The Labute approximate surface area is 74.8 Å². The molecule has 0 radical (unpaired) electrons. The SMILES string of the molecule is [NH3+]CCNc1ncc(C(=O)[O-])cn1. The summed E-state index contributed by atoms with van der Waals surface area (Å²) in [5.41, 5.74) is 3.60. The molecule has 1 heterocycles. The predicted octanol–water partition coefficient (Wildman–Crippen LogP) is -2.51. The van der Waals surface area contributed by atoms with Crippen molar-refractivity contribution < 1.29 is 15.6 Å². The number of quaternary nitrogens is 1. The van der Waals surface area contributed by atoms with Gasteiger partial charge in [-0.1, -0.05) is 0 Å².